The zero-order chi connectivity index (χ0) is 63.1. The Hall–Kier alpha value is -6.61. The van der Waals surface area contributed by atoms with Gasteiger partial charge in [0.25, 0.3) is 5.91 Å². The summed E-state index contributed by atoms with van der Waals surface area (Å²) < 4.78 is 44.6. The number of cyclic esters (lactones) is 2. The Labute approximate surface area is 490 Å². The number of ether oxygens (including phenoxy) is 8. The molecule has 0 saturated carbocycles. The number of rotatable bonds is 40. The SMILES string of the molecule is CCCCNC(=O)C(C(CC1C(=O)N(CCCC)C(=O)C1C(CC(C(=O)O)C(C(=O)OCCNC(=O)c1ccc(N(C)C)cc1)C(CC)OC)OC)OC)C(CC(OC)C(C(=O)OCC)C(CC(OC)C1C(=O)OC(=O)C1C)C(=O)O)C(=O)O. The first-order valence-corrected chi connectivity index (χ1v) is 28.5. The van der Waals surface area contributed by atoms with Crippen LogP contribution in [0.2, 0.25) is 0 Å². The minimum atomic E-state index is -1.92. The van der Waals surface area contributed by atoms with Crippen LogP contribution < -0.4 is 15.5 Å². The lowest BCUT2D eigenvalue weighted by Gasteiger charge is -2.36. The maximum Gasteiger partial charge on any atom is 0.320 e. The molecule has 26 heteroatoms. The summed E-state index contributed by atoms with van der Waals surface area (Å²) in [6.45, 7) is 7.32. The smallest absolute Gasteiger partial charge is 0.320 e. The number of hydrogen-bond donors (Lipinski definition) is 5. The first kappa shape index (κ1) is 71.7. The van der Waals surface area contributed by atoms with E-state index in [0.29, 0.717) is 31.2 Å². The Kier molecular flexibility index (Phi) is 29.8. The summed E-state index contributed by atoms with van der Waals surface area (Å²) >= 11 is 0. The van der Waals surface area contributed by atoms with Crippen molar-refractivity contribution in [2.75, 3.05) is 87.4 Å². The van der Waals surface area contributed by atoms with Gasteiger partial charge in [0.05, 0.1) is 103 Å². The van der Waals surface area contributed by atoms with Crippen LogP contribution in [0.5, 0.6) is 0 Å². The van der Waals surface area contributed by atoms with Gasteiger partial charge in [0, 0.05) is 74.0 Å². The number of benzene rings is 1. The number of nitrogens with zero attached hydrogens (tertiary/aromatic N) is 2. The molecule has 5 N–H and O–H groups in total. The van der Waals surface area contributed by atoms with E-state index in [1.54, 1.807) is 31.2 Å². The molecule has 3 rings (SSSR count). The molecule has 2 fully saturated rings. The first-order valence-electron chi connectivity index (χ1n) is 28.5. The first-order chi connectivity index (χ1) is 39.9. The van der Waals surface area contributed by atoms with Crippen molar-refractivity contribution in [1.29, 1.82) is 0 Å². The van der Waals surface area contributed by atoms with Crippen molar-refractivity contribution in [3.05, 3.63) is 29.8 Å². The van der Waals surface area contributed by atoms with E-state index in [4.69, 9.17) is 37.9 Å². The van der Waals surface area contributed by atoms with Gasteiger partial charge < -0.3 is 68.7 Å². The van der Waals surface area contributed by atoms with Crippen molar-refractivity contribution in [2.45, 2.75) is 123 Å². The van der Waals surface area contributed by atoms with E-state index < -0.39 is 181 Å². The molecule has 2 aliphatic heterocycles. The Morgan fingerprint density at radius 3 is 1.61 bits per heavy atom. The van der Waals surface area contributed by atoms with E-state index in [0.717, 1.165) is 24.8 Å². The number of aliphatic carboxylic acids is 3. The average Bonchev–Trinajstić information content (AvgIpc) is 2.18. The number of carboxylic acid groups (broad SMARTS) is 3. The van der Waals surface area contributed by atoms with Crippen LogP contribution in [0.25, 0.3) is 0 Å². The Morgan fingerprint density at radius 1 is 0.619 bits per heavy atom. The number of carbonyl (C=O) groups excluding carboxylic acids is 8. The Balaban J connectivity index is 2.15. The third kappa shape index (κ3) is 18.4. The van der Waals surface area contributed by atoms with E-state index in [1.807, 2.05) is 32.8 Å². The van der Waals surface area contributed by atoms with Gasteiger partial charge in [-0.2, -0.15) is 0 Å². The van der Waals surface area contributed by atoms with Crippen LogP contribution in [0.15, 0.2) is 24.3 Å². The highest BCUT2D eigenvalue weighted by molar-refractivity contribution is 6.05. The van der Waals surface area contributed by atoms with Crippen molar-refractivity contribution in [1.82, 2.24) is 15.5 Å². The predicted molar refractivity (Wildman–Crippen MR) is 298 cm³/mol. The van der Waals surface area contributed by atoms with Gasteiger partial charge in [0.2, 0.25) is 17.7 Å². The van der Waals surface area contributed by atoms with Crippen molar-refractivity contribution < 1.29 is 106 Å². The molecule has 0 aliphatic carbocycles. The molecule has 2 saturated heterocycles. The molecule has 0 bridgehead atoms. The molecule has 15 atom stereocenters. The minimum absolute atomic E-state index is 0.0402. The molecule has 472 valence electrons. The van der Waals surface area contributed by atoms with E-state index in [2.05, 4.69) is 10.6 Å². The lowest BCUT2D eigenvalue weighted by atomic mass is 9.73. The summed E-state index contributed by atoms with van der Waals surface area (Å²) in [6.07, 6.45) is -7.61. The maximum absolute atomic E-state index is 14.8. The summed E-state index contributed by atoms with van der Waals surface area (Å²) in [5.41, 5.74) is 1.20. The monoisotopic (exact) mass is 1190 g/mol. The molecule has 2 heterocycles. The molecule has 1 aromatic rings. The number of likely N-dealkylation sites (tertiary alicyclic amines) is 1. The highest BCUT2D eigenvalue weighted by Gasteiger charge is 2.56. The van der Waals surface area contributed by atoms with Gasteiger partial charge in [-0.1, -0.05) is 40.5 Å². The molecular weight excluding hydrogens is 1100 g/mol. The summed E-state index contributed by atoms with van der Waals surface area (Å²) in [5.74, 6) is -27.6. The van der Waals surface area contributed by atoms with E-state index in [9.17, 15) is 68.1 Å². The third-order valence-corrected chi connectivity index (χ3v) is 16.0. The van der Waals surface area contributed by atoms with Crippen LogP contribution >= 0.6 is 0 Å². The quantitative estimate of drug-likeness (QED) is 0.0207. The normalized spacial score (nSPS) is 20.9. The second-order valence-corrected chi connectivity index (χ2v) is 21.3. The zero-order valence-corrected chi connectivity index (χ0v) is 50.4. The summed E-state index contributed by atoms with van der Waals surface area (Å²) in [6, 6.07) is 6.75. The fourth-order valence-electron chi connectivity index (χ4n) is 11.4. The van der Waals surface area contributed by atoms with Gasteiger partial charge in [-0.25, -0.2) is 0 Å². The molecule has 84 heavy (non-hydrogen) atoms. The number of anilines is 1. The molecule has 0 aromatic heterocycles. The molecule has 26 nitrogen and oxygen atoms in total. The summed E-state index contributed by atoms with van der Waals surface area (Å²) in [5, 5.41) is 38.3. The second-order valence-electron chi connectivity index (χ2n) is 21.3. The van der Waals surface area contributed by atoms with Crippen molar-refractivity contribution in [2.24, 2.45) is 59.2 Å². The Morgan fingerprint density at radius 2 is 1.14 bits per heavy atom. The molecule has 2 aliphatic rings. The van der Waals surface area contributed by atoms with Gasteiger partial charge >= 0.3 is 41.8 Å². The number of methoxy groups -OCH3 is 5. The van der Waals surface area contributed by atoms with E-state index in [-0.39, 0.29) is 39.3 Å². The van der Waals surface area contributed by atoms with Crippen LogP contribution in [0, 0.1) is 59.2 Å². The fourth-order valence-corrected chi connectivity index (χ4v) is 11.4. The third-order valence-electron chi connectivity index (χ3n) is 16.0. The fraction of sp³-hybridized carbons (Fsp3) is 0.707. The van der Waals surface area contributed by atoms with Gasteiger partial charge in [-0.15, -0.1) is 0 Å². The van der Waals surface area contributed by atoms with Crippen LogP contribution in [0.3, 0.4) is 0 Å². The number of carboxylic acids is 3. The van der Waals surface area contributed by atoms with Crippen molar-refractivity contribution in [3.8, 4) is 0 Å². The molecule has 1 aromatic carbocycles. The second kappa shape index (κ2) is 35.0. The largest absolute Gasteiger partial charge is 0.481 e. The predicted octanol–water partition coefficient (Wildman–Crippen LogP) is 3.24. The van der Waals surface area contributed by atoms with Gasteiger partial charge in [-0.3, -0.25) is 57.6 Å². The van der Waals surface area contributed by atoms with Crippen LogP contribution in [-0.4, -0.2) is 199 Å². The number of nitrogens with one attached hydrogen (secondary N) is 2. The maximum atomic E-state index is 14.8. The molecule has 15 unspecified atom stereocenters. The van der Waals surface area contributed by atoms with E-state index in [1.165, 1.54) is 35.2 Å². The van der Waals surface area contributed by atoms with Crippen molar-refractivity contribution >= 4 is 71.1 Å². The molecular formula is C58H88N4O22. The molecule has 0 spiro atoms. The number of esters is 4. The lowest BCUT2D eigenvalue weighted by Crippen LogP contribution is -2.50. The van der Waals surface area contributed by atoms with Gasteiger partial charge in [-0.05, 0) is 76.1 Å². The minimum Gasteiger partial charge on any atom is -0.481 e. The summed E-state index contributed by atoms with van der Waals surface area (Å²) in [4.78, 5) is 154. The van der Waals surface area contributed by atoms with E-state index >= 15 is 0 Å². The average molecular weight is 1190 g/mol. The van der Waals surface area contributed by atoms with Gasteiger partial charge in [0.1, 0.15) is 6.61 Å². The van der Waals surface area contributed by atoms with Crippen LogP contribution in [-0.2, 0) is 85.8 Å². The standard InChI is InChI=1S/C58H88N4O22/c1-13-17-23-59-49(64)44(35(52(67)68)28-42(81-12)47(56(74)82-16-4)37(54(71)72)29-39(78-9)43-31(5)55(73)84-58(43)76)40(79-10)27-34-45(51(66)62(50(34)65)25-18-14-2)41(80-11)30-36(53(69)70)46(38(15-3)77-8)57(75)83-26-24-60-48(63)32-19-21-33(22-20-32)61(6)7/h19-22,31,34-47H,13-18,23-30H2,1-12H3,(H,59,64)(H,60,63)(H,67,68)(H,69,70)(H,71,72). The number of carbonyl (C=O) groups is 11. The summed E-state index contributed by atoms with van der Waals surface area (Å²) in [7, 11) is 9.56. The number of unbranched alkanes of at least 4 members (excludes halogenated alkanes) is 2. The van der Waals surface area contributed by atoms with Crippen molar-refractivity contribution in [3.63, 3.8) is 0 Å². The van der Waals surface area contributed by atoms with Crippen LogP contribution in [0.1, 0.15) is 103 Å². The highest BCUT2D eigenvalue weighted by atomic mass is 16.6. The molecule has 4 amide bonds. The lowest BCUT2D eigenvalue weighted by molar-refractivity contribution is -0.169. The Bertz CT molecular complexity index is 2400. The molecule has 0 radical (unpaired) electrons. The highest BCUT2D eigenvalue weighted by Crippen LogP contribution is 2.42. The zero-order valence-electron chi connectivity index (χ0n) is 50.4. The number of amides is 4. The number of imide groups is 1. The topological polar surface area (TPSA) is 353 Å². The number of hydrogen-bond acceptors (Lipinski definition) is 20. The van der Waals surface area contributed by atoms with Crippen LogP contribution in [0.4, 0.5) is 5.69 Å². The van der Waals surface area contributed by atoms with Gasteiger partial charge in [0.15, 0.2) is 0 Å².